The van der Waals surface area contributed by atoms with E-state index in [1.165, 1.54) is 0 Å². The summed E-state index contributed by atoms with van der Waals surface area (Å²) < 4.78 is 0. The van der Waals surface area contributed by atoms with Crippen LogP contribution in [-0.2, 0) is 36.5 Å². The molecule has 0 amide bonds. The summed E-state index contributed by atoms with van der Waals surface area (Å²) in [7, 11) is 0. The van der Waals surface area contributed by atoms with Crippen molar-refractivity contribution >= 4 is 62.3 Å². The van der Waals surface area contributed by atoms with Crippen LogP contribution in [-0.4, -0.2) is 62.3 Å². The van der Waals surface area contributed by atoms with E-state index in [9.17, 15) is 0 Å². The Labute approximate surface area is 96.5 Å². The zero-order valence-electron chi connectivity index (χ0n) is 1.06. The summed E-state index contributed by atoms with van der Waals surface area (Å²) in [6.07, 6.45) is 0. The Bertz CT molecular complexity index is 8.00. The molecule has 0 nitrogen and oxygen atoms in total. The number of rotatable bonds is 0. The second-order valence-electron chi connectivity index (χ2n) is 0. The molecular formula is H5FeKSiZn. The standard InChI is InChI=1S/Fe.K.H4Si.Zn.H/h;;1H4;;. The fraction of sp³-hybridized carbons (Fsp3) is 0. The average molecular weight is 193 g/mol. The van der Waals surface area contributed by atoms with Crippen LogP contribution in [0.15, 0.2) is 0 Å². The van der Waals surface area contributed by atoms with Gasteiger partial charge in [-0.1, -0.05) is 0 Å². The summed E-state index contributed by atoms with van der Waals surface area (Å²) in [5, 5.41) is 0. The fourth-order valence-corrected chi connectivity index (χ4v) is 0. The maximum Gasteiger partial charge on any atom is 0 e. The van der Waals surface area contributed by atoms with Gasteiger partial charge < -0.3 is 0 Å². The van der Waals surface area contributed by atoms with Crippen molar-refractivity contribution in [3.63, 3.8) is 0 Å². The van der Waals surface area contributed by atoms with E-state index in [1.54, 1.807) is 0 Å². The molecule has 0 aliphatic carbocycles. The molecule has 0 atom stereocenters. The maximum atomic E-state index is 0. The first-order valence-electron chi connectivity index (χ1n) is 0. The van der Waals surface area contributed by atoms with Crippen molar-refractivity contribution in [3.05, 3.63) is 0 Å². The number of hydrogen-bond donors (Lipinski definition) is 0. The first-order valence-corrected chi connectivity index (χ1v) is 0. The summed E-state index contributed by atoms with van der Waals surface area (Å²) >= 11 is 0. The summed E-state index contributed by atoms with van der Waals surface area (Å²) in [6.45, 7) is 0. The van der Waals surface area contributed by atoms with Crippen molar-refractivity contribution < 1.29 is 36.5 Å². The van der Waals surface area contributed by atoms with Gasteiger partial charge in [-0.2, -0.15) is 0 Å². The molecule has 0 rings (SSSR count). The smallest absolute Gasteiger partial charge is 0 e. The first-order chi connectivity index (χ1) is 0. The van der Waals surface area contributed by atoms with Crippen molar-refractivity contribution in [2.75, 3.05) is 0 Å². The van der Waals surface area contributed by atoms with E-state index in [-0.39, 0.29) is 98.9 Å². The number of hydrogen-bond acceptors (Lipinski definition) is 0. The molecule has 0 N–H and O–H groups in total. The minimum absolute atomic E-state index is 0. The SMILES string of the molecule is [Fe].[KH].[SiH4].[Zn]. The Kier molecular flexibility index (Phi) is 117. The van der Waals surface area contributed by atoms with Crippen molar-refractivity contribution in [1.29, 1.82) is 0 Å². The van der Waals surface area contributed by atoms with E-state index in [4.69, 9.17) is 0 Å². The van der Waals surface area contributed by atoms with Crippen LogP contribution in [0.1, 0.15) is 0 Å². The molecule has 20 valence electrons. The van der Waals surface area contributed by atoms with E-state index in [1.807, 2.05) is 0 Å². The van der Waals surface area contributed by atoms with Crippen LogP contribution < -0.4 is 0 Å². The predicted molar refractivity (Wildman–Crippen MR) is 18.5 cm³/mol. The van der Waals surface area contributed by atoms with Gasteiger partial charge in [0.25, 0.3) is 0 Å². The summed E-state index contributed by atoms with van der Waals surface area (Å²) in [5.74, 6) is 0. The van der Waals surface area contributed by atoms with Gasteiger partial charge in [-0.15, -0.1) is 0 Å². The Morgan fingerprint density at radius 2 is 1.00 bits per heavy atom. The van der Waals surface area contributed by atoms with Gasteiger partial charge in [-0.3, -0.25) is 0 Å². The van der Waals surface area contributed by atoms with E-state index >= 15 is 0 Å². The second-order valence-corrected chi connectivity index (χ2v) is 0. The quantitative estimate of drug-likeness (QED) is 0.387. The molecule has 0 bridgehead atoms. The third-order valence-electron chi connectivity index (χ3n) is 0. The molecule has 0 unspecified atom stereocenters. The summed E-state index contributed by atoms with van der Waals surface area (Å²) in [6, 6.07) is 0. The van der Waals surface area contributed by atoms with E-state index < -0.39 is 0 Å². The van der Waals surface area contributed by atoms with Gasteiger partial charge in [0.15, 0.2) is 0 Å². The zero-order valence-corrected chi connectivity index (χ0v) is 5.13. The third-order valence-corrected chi connectivity index (χ3v) is 0. The van der Waals surface area contributed by atoms with Crippen LogP contribution in [0.5, 0.6) is 0 Å². The van der Waals surface area contributed by atoms with E-state index in [0.29, 0.717) is 0 Å². The Morgan fingerprint density at radius 3 is 1.00 bits per heavy atom. The van der Waals surface area contributed by atoms with Gasteiger partial charge in [-0.25, -0.2) is 0 Å². The monoisotopic (exact) mass is 192 g/mol. The molecule has 0 saturated heterocycles. The van der Waals surface area contributed by atoms with Crippen LogP contribution in [0.4, 0.5) is 0 Å². The molecule has 0 heterocycles. The van der Waals surface area contributed by atoms with Crippen LogP contribution in [0.2, 0.25) is 0 Å². The van der Waals surface area contributed by atoms with Crippen LogP contribution >= 0.6 is 0 Å². The fourth-order valence-electron chi connectivity index (χ4n) is 0. The molecular weight excluding hydrogens is 188 g/mol. The minimum Gasteiger partial charge on any atom is -0.0149 e. The molecule has 0 spiro atoms. The van der Waals surface area contributed by atoms with Gasteiger partial charge >= 0.3 is 51.4 Å². The van der Waals surface area contributed by atoms with Gasteiger partial charge in [0.2, 0.25) is 0 Å². The first kappa shape index (κ1) is 28.0. The van der Waals surface area contributed by atoms with Gasteiger partial charge in [0.05, 0.1) is 0 Å². The molecule has 0 aromatic heterocycles. The normalized spacial score (nSPS) is 0. The second kappa shape index (κ2) is 16.7. The Morgan fingerprint density at radius 1 is 1.00 bits per heavy atom. The molecule has 4 heavy (non-hydrogen) atoms. The van der Waals surface area contributed by atoms with Crippen LogP contribution in [0.25, 0.3) is 0 Å². The van der Waals surface area contributed by atoms with Crippen molar-refractivity contribution in [2.45, 2.75) is 0 Å². The van der Waals surface area contributed by atoms with Gasteiger partial charge in [0, 0.05) is 36.5 Å². The summed E-state index contributed by atoms with van der Waals surface area (Å²) in [4.78, 5) is 0. The third kappa shape index (κ3) is 8.89. The molecule has 0 saturated carbocycles. The van der Waals surface area contributed by atoms with Crippen molar-refractivity contribution in [1.82, 2.24) is 0 Å². The van der Waals surface area contributed by atoms with Gasteiger partial charge in [0.1, 0.15) is 0 Å². The largest absolute Gasteiger partial charge is 0.0149 e. The maximum absolute atomic E-state index is 0. The molecule has 0 aromatic carbocycles. The minimum atomic E-state index is 0. The van der Waals surface area contributed by atoms with Crippen molar-refractivity contribution in [2.24, 2.45) is 0 Å². The Balaban J connectivity index is 0. The zero-order chi connectivity index (χ0) is 0. The molecule has 4 heteroatoms. The van der Waals surface area contributed by atoms with Gasteiger partial charge in [-0.05, 0) is 11.0 Å². The topological polar surface area (TPSA) is 0 Å². The molecule has 0 aromatic rings. The molecule has 0 aliphatic heterocycles. The van der Waals surface area contributed by atoms with E-state index in [2.05, 4.69) is 0 Å². The van der Waals surface area contributed by atoms with Crippen LogP contribution in [0.3, 0.4) is 0 Å². The average Bonchev–Trinajstić information content (AvgIpc) is 0. The molecule has 0 radical (unpaired) electrons. The Hall–Kier alpha value is 3.00. The predicted octanol–water partition coefficient (Wildman–Crippen LogP) is -2.11. The van der Waals surface area contributed by atoms with E-state index in [0.717, 1.165) is 0 Å². The molecule has 0 fully saturated rings. The van der Waals surface area contributed by atoms with Crippen LogP contribution in [0, 0.1) is 0 Å². The van der Waals surface area contributed by atoms with Crippen molar-refractivity contribution in [3.8, 4) is 0 Å². The molecule has 0 aliphatic rings. The summed E-state index contributed by atoms with van der Waals surface area (Å²) in [5.41, 5.74) is 0.